The quantitative estimate of drug-likeness (QED) is 0.531. The summed E-state index contributed by atoms with van der Waals surface area (Å²) >= 11 is 0. The predicted octanol–water partition coefficient (Wildman–Crippen LogP) is 2.38. The Morgan fingerprint density at radius 3 is 2.57 bits per heavy atom. The van der Waals surface area contributed by atoms with Crippen LogP contribution in [0, 0.1) is 29.6 Å². The molecule has 3 atom stereocenters. The van der Waals surface area contributed by atoms with Crippen LogP contribution >= 0.6 is 0 Å². The Labute approximate surface area is 87.9 Å². The van der Waals surface area contributed by atoms with Crippen molar-refractivity contribution in [3.05, 3.63) is 0 Å². The van der Waals surface area contributed by atoms with Crippen molar-refractivity contribution in [1.29, 1.82) is 0 Å². The molecule has 0 spiro atoms. The summed E-state index contributed by atoms with van der Waals surface area (Å²) in [6.45, 7) is 5.64. The Morgan fingerprint density at radius 1 is 1.29 bits per heavy atom. The van der Waals surface area contributed by atoms with Gasteiger partial charge in [-0.3, -0.25) is 0 Å². The molecule has 78 valence electrons. The van der Waals surface area contributed by atoms with Crippen LogP contribution in [-0.2, 0) is 0 Å². The number of piperidine rings is 2. The van der Waals surface area contributed by atoms with Crippen LogP contribution in [0.4, 0.5) is 0 Å². The van der Waals surface area contributed by atoms with Crippen LogP contribution in [0.15, 0.2) is 0 Å². The second-order valence-electron chi connectivity index (χ2n) is 5.22. The van der Waals surface area contributed by atoms with E-state index < -0.39 is 0 Å². The Morgan fingerprint density at radius 2 is 2.07 bits per heavy atom. The average molecular weight is 191 g/mol. The van der Waals surface area contributed by atoms with Crippen molar-refractivity contribution in [2.45, 2.75) is 39.2 Å². The van der Waals surface area contributed by atoms with Gasteiger partial charge in [0.1, 0.15) is 0 Å². The highest BCUT2D eigenvalue weighted by Gasteiger charge is 2.37. The SMILES string of the molecule is CC(C)C#CC1C[C@@H]2CC[C@H]1CN2C. The molecule has 0 aromatic rings. The molecule has 2 saturated heterocycles. The third-order valence-electron chi connectivity index (χ3n) is 3.67. The highest BCUT2D eigenvalue weighted by Crippen LogP contribution is 2.38. The van der Waals surface area contributed by atoms with Crippen molar-refractivity contribution < 1.29 is 0 Å². The first-order valence-corrected chi connectivity index (χ1v) is 5.88. The molecule has 0 N–H and O–H groups in total. The molecule has 3 rings (SSSR count). The Bertz CT molecular complexity index is 258. The zero-order chi connectivity index (χ0) is 10.1. The van der Waals surface area contributed by atoms with Gasteiger partial charge in [0.25, 0.3) is 0 Å². The van der Waals surface area contributed by atoms with Crippen molar-refractivity contribution in [3.63, 3.8) is 0 Å². The van der Waals surface area contributed by atoms with Crippen molar-refractivity contribution in [3.8, 4) is 11.8 Å². The number of rotatable bonds is 0. The molecule has 2 aliphatic heterocycles. The largest absolute Gasteiger partial charge is 0.303 e. The second kappa shape index (κ2) is 3.95. The highest BCUT2D eigenvalue weighted by molar-refractivity contribution is 5.11. The molecule has 0 radical (unpaired) electrons. The molecule has 1 unspecified atom stereocenters. The molecule has 3 fully saturated rings. The number of hydrogen-bond acceptors (Lipinski definition) is 1. The van der Waals surface area contributed by atoms with Crippen LogP contribution in [-0.4, -0.2) is 24.5 Å². The van der Waals surface area contributed by atoms with E-state index in [0.717, 1.165) is 12.0 Å². The van der Waals surface area contributed by atoms with E-state index in [1.807, 2.05) is 0 Å². The molecule has 2 bridgehead atoms. The monoisotopic (exact) mass is 191 g/mol. The van der Waals surface area contributed by atoms with Crippen molar-refractivity contribution in [1.82, 2.24) is 4.90 Å². The maximum atomic E-state index is 3.50. The molecule has 0 aromatic carbocycles. The minimum absolute atomic E-state index is 0.535. The van der Waals surface area contributed by atoms with Crippen LogP contribution in [0.1, 0.15) is 33.1 Å². The van der Waals surface area contributed by atoms with E-state index in [1.165, 1.54) is 25.8 Å². The second-order valence-corrected chi connectivity index (χ2v) is 5.22. The topological polar surface area (TPSA) is 3.24 Å². The van der Waals surface area contributed by atoms with Crippen molar-refractivity contribution in [2.24, 2.45) is 17.8 Å². The van der Waals surface area contributed by atoms with E-state index in [9.17, 15) is 0 Å². The van der Waals surface area contributed by atoms with E-state index >= 15 is 0 Å². The molecule has 0 amide bonds. The van der Waals surface area contributed by atoms with Crippen molar-refractivity contribution in [2.75, 3.05) is 13.6 Å². The van der Waals surface area contributed by atoms with Crippen LogP contribution in [0.5, 0.6) is 0 Å². The molecule has 1 saturated carbocycles. The molecule has 0 aromatic heterocycles. The van der Waals surface area contributed by atoms with Crippen LogP contribution < -0.4 is 0 Å². The molecule has 1 nitrogen and oxygen atoms in total. The first-order valence-electron chi connectivity index (χ1n) is 5.88. The zero-order valence-electron chi connectivity index (χ0n) is 9.59. The molecule has 14 heavy (non-hydrogen) atoms. The maximum absolute atomic E-state index is 3.50. The van der Waals surface area contributed by atoms with Gasteiger partial charge in [-0.05, 0) is 32.2 Å². The van der Waals surface area contributed by atoms with Gasteiger partial charge < -0.3 is 4.90 Å². The maximum Gasteiger partial charge on any atom is 0.0258 e. The fourth-order valence-corrected chi connectivity index (χ4v) is 2.80. The van der Waals surface area contributed by atoms with E-state index in [-0.39, 0.29) is 0 Å². The smallest absolute Gasteiger partial charge is 0.0258 e. The fourth-order valence-electron chi connectivity index (χ4n) is 2.80. The van der Waals surface area contributed by atoms with Gasteiger partial charge in [0.15, 0.2) is 0 Å². The average Bonchev–Trinajstić information content (AvgIpc) is 2.16. The molecule has 3 aliphatic rings. The third kappa shape index (κ3) is 1.96. The Balaban J connectivity index is 2.01. The van der Waals surface area contributed by atoms with Gasteiger partial charge in [-0.1, -0.05) is 19.8 Å². The summed E-state index contributed by atoms with van der Waals surface area (Å²) in [5.41, 5.74) is 0. The van der Waals surface area contributed by atoms with E-state index in [0.29, 0.717) is 11.8 Å². The summed E-state index contributed by atoms with van der Waals surface area (Å²) in [6, 6.07) is 0.825. The summed E-state index contributed by atoms with van der Waals surface area (Å²) in [6.07, 6.45) is 4.13. The lowest BCUT2D eigenvalue weighted by Crippen LogP contribution is -2.49. The first kappa shape index (κ1) is 10.1. The molecular weight excluding hydrogens is 170 g/mol. The molecule has 1 aliphatic carbocycles. The number of nitrogens with zero attached hydrogens (tertiary/aromatic N) is 1. The van der Waals surface area contributed by atoms with Gasteiger partial charge in [-0.15, -0.1) is 5.92 Å². The zero-order valence-corrected chi connectivity index (χ0v) is 9.59. The van der Waals surface area contributed by atoms with Crippen LogP contribution in [0.2, 0.25) is 0 Å². The third-order valence-corrected chi connectivity index (χ3v) is 3.67. The normalized spacial score (nSPS) is 37.0. The predicted molar refractivity (Wildman–Crippen MR) is 59.9 cm³/mol. The first-order chi connectivity index (χ1) is 6.66. The fraction of sp³-hybridized carbons (Fsp3) is 0.846. The van der Waals surface area contributed by atoms with Gasteiger partial charge >= 0.3 is 0 Å². The lowest BCUT2D eigenvalue weighted by atomic mass is 9.72. The van der Waals surface area contributed by atoms with Gasteiger partial charge in [0.05, 0.1) is 0 Å². The minimum atomic E-state index is 0.535. The molecule has 2 heterocycles. The van der Waals surface area contributed by atoms with Crippen molar-refractivity contribution >= 4 is 0 Å². The Kier molecular flexibility index (Phi) is 2.83. The Hall–Kier alpha value is -0.480. The summed E-state index contributed by atoms with van der Waals surface area (Å²) < 4.78 is 0. The van der Waals surface area contributed by atoms with Gasteiger partial charge in [0.2, 0.25) is 0 Å². The van der Waals surface area contributed by atoms with Crippen LogP contribution in [0.3, 0.4) is 0 Å². The summed E-state index contributed by atoms with van der Waals surface area (Å²) in [4.78, 5) is 2.53. The highest BCUT2D eigenvalue weighted by atomic mass is 15.1. The van der Waals surface area contributed by atoms with Gasteiger partial charge in [-0.25, -0.2) is 0 Å². The van der Waals surface area contributed by atoms with E-state index in [1.54, 1.807) is 0 Å². The van der Waals surface area contributed by atoms with E-state index in [4.69, 9.17) is 0 Å². The van der Waals surface area contributed by atoms with Gasteiger partial charge in [-0.2, -0.15) is 0 Å². The lowest BCUT2D eigenvalue weighted by Gasteiger charge is -2.46. The number of fused-ring (bicyclic) bond motifs is 3. The standard InChI is InChI=1S/C13H21N/c1-10(2)4-5-11-8-13-7-6-12(11)9-14(13)3/h10-13H,6-9H2,1-3H3/t11?,12-,13-/m0/s1. The van der Waals surface area contributed by atoms with E-state index in [2.05, 4.69) is 37.6 Å². The molecular formula is C13H21N. The van der Waals surface area contributed by atoms with Crippen LogP contribution in [0.25, 0.3) is 0 Å². The number of hydrogen-bond donors (Lipinski definition) is 0. The van der Waals surface area contributed by atoms with Gasteiger partial charge in [0, 0.05) is 24.4 Å². The minimum Gasteiger partial charge on any atom is -0.303 e. The summed E-state index contributed by atoms with van der Waals surface area (Å²) in [5.74, 6) is 8.94. The lowest BCUT2D eigenvalue weighted by molar-refractivity contribution is 0.0454. The molecule has 1 heteroatoms. The summed E-state index contributed by atoms with van der Waals surface area (Å²) in [7, 11) is 2.27. The summed E-state index contributed by atoms with van der Waals surface area (Å²) in [5, 5.41) is 0.